The number of hydrogen-bond acceptors (Lipinski definition) is 4. The van der Waals surface area contributed by atoms with Gasteiger partial charge in [-0.1, -0.05) is 47.1 Å². The number of aromatic nitrogens is 4. The number of thioether (sulfide) groups is 1. The van der Waals surface area contributed by atoms with Crippen LogP contribution < -0.4 is 5.32 Å². The molecular weight excluding hydrogens is 522 g/mol. The number of amides is 1. The molecule has 0 atom stereocenters. The Morgan fingerprint density at radius 1 is 1.15 bits per heavy atom. The molecule has 0 fully saturated rings. The third-order valence-corrected chi connectivity index (χ3v) is 6.02. The molecule has 0 unspecified atom stereocenters. The Morgan fingerprint density at radius 3 is 2.48 bits per heavy atom. The average molecular weight is 537 g/mol. The Kier molecular flexibility index (Phi) is 7.84. The summed E-state index contributed by atoms with van der Waals surface area (Å²) in [6.45, 7) is 0.0120. The highest BCUT2D eigenvalue weighted by Crippen LogP contribution is 2.34. The summed E-state index contributed by atoms with van der Waals surface area (Å²) in [6, 6.07) is 9.09. The fourth-order valence-electron chi connectivity index (χ4n) is 3.13. The molecule has 174 valence electrons. The quantitative estimate of drug-likeness (QED) is 0.274. The zero-order valence-corrected chi connectivity index (χ0v) is 19.6. The summed E-state index contributed by atoms with van der Waals surface area (Å²) in [5.41, 5.74) is 0.267. The van der Waals surface area contributed by atoms with Crippen molar-refractivity contribution in [2.75, 3.05) is 11.1 Å². The zero-order valence-electron chi connectivity index (χ0n) is 16.5. The maximum absolute atomic E-state index is 13.7. The van der Waals surface area contributed by atoms with Gasteiger partial charge in [0.05, 0.1) is 26.8 Å². The lowest BCUT2D eigenvalue weighted by Crippen LogP contribution is -2.16. The van der Waals surface area contributed by atoms with Crippen molar-refractivity contribution in [3.8, 4) is 0 Å². The lowest BCUT2D eigenvalue weighted by molar-refractivity contribution is -0.146. The van der Waals surface area contributed by atoms with Crippen molar-refractivity contribution in [3.63, 3.8) is 0 Å². The van der Waals surface area contributed by atoms with Gasteiger partial charge in [-0.25, -0.2) is 9.97 Å². The van der Waals surface area contributed by atoms with Crippen LogP contribution in [0.1, 0.15) is 16.2 Å². The fourth-order valence-corrected chi connectivity index (χ4v) is 4.38. The van der Waals surface area contributed by atoms with Crippen LogP contribution in [0.5, 0.6) is 0 Å². The van der Waals surface area contributed by atoms with Crippen LogP contribution in [0, 0.1) is 0 Å². The summed E-state index contributed by atoms with van der Waals surface area (Å²) in [7, 11) is 0. The van der Waals surface area contributed by atoms with Crippen molar-refractivity contribution >= 4 is 70.0 Å². The smallest absolute Gasteiger partial charge is 0.340 e. The number of aryl methyl sites for hydroxylation is 1. The molecule has 0 aliphatic rings. The second-order valence-corrected chi connectivity index (χ2v) is 8.45. The number of halogens is 6. The Bertz CT molecular complexity index is 1260. The van der Waals surface area contributed by atoms with Gasteiger partial charge >= 0.3 is 6.18 Å². The lowest BCUT2D eigenvalue weighted by Gasteiger charge is -2.11. The molecule has 0 saturated carbocycles. The molecule has 0 radical (unpaired) electrons. The number of benzene rings is 2. The fraction of sp³-hybridized carbons (Fsp3) is 0.150. The maximum Gasteiger partial charge on any atom is 0.449 e. The molecule has 2 N–H and O–H groups in total. The number of fused-ring (bicyclic) bond motifs is 1. The molecule has 1 amide bonds. The summed E-state index contributed by atoms with van der Waals surface area (Å²) in [4.78, 5) is 23.6. The molecule has 4 aromatic rings. The van der Waals surface area contributed by atoms with Gasteiger partial charge < -0.3 is 14.9 Å². The number of nitrogens with zero attached hydrogens (tertiary/aromatic N) is 3. The first-order valence-corrected chi connectivity index (χ1v) is 10.9. The van der Waals surface area contributed by atoms with E-state index in [0.717, 1.165) is 4.57 Å². The van der Waals surface area contributed by atoms with E-state index < -0.39 is 17.9 Å². The molecule has 33 heavy (non-hydrogen) atoms. The van der Waals surface area contributed by atoms with Gasteiger partial charge in [0.15, 0.2) is 5.16 Å². The molecule has 2 aromatic heterocycles. The van der Waals surface area contributed by atoms with E-state index in [1.54, 1.807) is 18.5 Å². The van der Waals surface area contributed by atoms with E-state index in [1.807, 2.05) is 0 Å². The number of hydrogen-bond donors (Lipinski definition) is 2. The van der Waals surface area contributed by atoms with Crippen molar-refractivity contribution < 1.29 is 18.0 Å². The second kappa shape index (κ2) is 10.3. The summed E-state index contributed by atoms with van der Waals surface area (Å²) < 4.78 is 42.2. The minimum absolute atomic E-state index is 0. The molecule has 13 heteroatoms. The monoisotopic (exact) mass is 535 g/mol. The molecule has 0 aliphatic heterocycles. The van der Waals surface area contributed by atoms with Crippen LogP contribution in [-0.2, 0) is 12.7 Å². The zero-order chi connectivity index (χ0) is 22.9. The largest absolute Gasteiger partial charge is 0.449 e. The molecule has 0 aliphatic carbocycles. The Morgan fingerprint density at radius 2 is 1.85 bits per heavy atom. The molecule has 2 heterocycles. The number of imidazole rings is 2. The maximum atomic E-state index is 13.7. The Hall–Kier alpha value is -2.40. The highest BCUT2D eigenvalue weighted by Gasteiger charge is 2.38. The van der Waals surface area contributed by atoms with Crippen molar-refractivity contribution in [1.29, 1.82) is 0 Å². The van der Waals surface area contributed by atoms with Crippen LogP contribution in [0.15, 0.2) is 53.9 Å². The Balaban J connectivity index is 0.00000306. The molecule has 0 spiro atoms. The van der Waals surface area contributed by atoms with E-state index >= 15 is 0 Å². The summed E-state index contributed by atoms with van der Waals surface area (Å²) in [5, 5.41) is 3.57. The number of para-hydroxylation sites is 2. The third kappa shape index (κ3) is 5.40. The molecule has 0 bridgehead atoms. The number of nitrogens with one attached hydrogen (secondary N) is 2. The van der Waals surface area contributed by atoms with Crippen LogP contribution in [-0.4, -0.2) is 31.2 Å². The van der Waals surface area contributed by atoms with Crippen LogP contribution >= 0.6 is 47.4 Å². The lowest BCUT2D eigenvalue weighted by atomic mass is 10.1. The van der Waals surface area contributed by atoms with Gasteiger partial charge in [-0.3, -0.25) is 4.79 Å². The van der Waals surface area contributed by atoms with Gasteiger partial charge in [0.2, 0.25) is 5.82 Å². The van der Waals surface area contributed by atoms with E-state index in [0.29, 0.717) is 10.9 Å². The van der Waals surface area contributed by atoms with E-state index in [9.17, 15) is 18.0 Å². The number of aromatic amines is 1. The molecule has 2 aromatic carbocycles. The molecule has 0 saturated heterocycles. The van der Waals surface area contributed by atoms with Gasteiger partial charge in [0.25, 0.3) is 5.91 Å². The number of rotatable bonds is 6. The van der Waals surface area contributed by atoms with Gasteiger partial charge in [-0.2, -0.15) is 13.2 Å². The van der Waals surface area contributed by atoms with Crippen molar-refractivity contribution in [1.82, 2.24) is 19.5 Å². The first kappa shape index (κ1) is 25.2. The van der Waals surface area contributed by atoms with E-state index in [2.05, 4.69) is 20.3 Å². The van der Waals surface area contributed by atoms with Crippen molar-refractivity contribution in [2.24, 2.45) is 0 Å². The predicted molar refractivity (Wildman–Crippen MR) is 126 cm³/mol. The highest BCUT2D eigenvalue weighted by atomic mass is 35.5. The summed E-state index contributed by atoms with van der Waals surface area (Å²) >= 11 is 13.5. The van der Waals surface area contributed by atoms with Crippen LogP contribution in [0.2, 0.25) is 10.0 Å². The minimum atomic E-state index is -4.70. The van der Waals surface area contributed by atoms with Crippen LogP contribution in [0.3, 0.4) is 0 Å². The van der Waals surface area contributed by atoms with Crippen LogP contribution in [0.4, 0.5) is 18.9 Å². The number of carbonyl (C=O) groups is 1. The van der Waals surface area contributed by atoms with Gasteiger partial charge in [0, 0.05) is 24.7 Å². The minimum Gasteiger partial charge on any atom is -0.340 e. The van der Waals surface area contributed by atoms with E-state index in [1.165, 1.54) is 42.1 Å². The second-order valence-electron chi connectivity index (χ2n) is 6.55. The number of alkyl halides is 3. The van der Waals surface area contributed by atoms with Crippen molar-refractivity contribution in [3.05, 3.63) is 70.2 Å². The third-order valence-electron chi connectivity index (χ3n) is 4.51. The van der Waals surface area contributed by atoms with E-state index in [-0.39, 0.29) is 51.3 Å². The van der Waals surface area contributed by atoms with Gasteiger partial charge in [0.1, 0.15) is 5.52 Å². The van der Waals surface area contributed by atoms with Gasteiger partial charge in [-0.05, 0) is 24.3 Å². The highest BCUT2D eigenvalue weighted by molar-refractivity contribution is 7.99. The topological polar surface area (TPSA) is 75.6 Å². The first-order valence-electron chi connectivity index (χ1n) is 9.19. The number of carbonyl (C=O) groups excluding carboxylic acids is 1. The number of H-pyrrole nitrogens is 1. The predicted octanol–water partition coefficient (Wildman–Crippen LogP) is 6.55. The summed E-state index contributed by atoms with van der Waals surface area (Å²) in [5.74, 6) is -1.44. The van der Waals surface area contributed by atoms with Crippen LogP contribution in [0.25, 0.3) is 11.0 Å². The average Bonchev–Trinajstić information content (AvgIpc) is 3.38. The van der Waals surface area contributed by atoms with E-state index in [4.69, 9.17) is 23.2 Å². The van der Waals surface area contributed by atoms with Gasteiger partial charge in [-0.15, -0.1) is 12.4 Å². The Labute approximate surface area is 206 Å². The number of anilines is 1. The molecule has 6 nitrogen and oxygen atoms in total. The molecule has 4 rings (SSSR count). The normalized spacial score (nSPS) is 11.4. The SMILES string of the molecule is Cl.O=C(Nc1c(Cl)cccc1Cl)c1cccc2c1nc(C(F)(F)F)n2CCSc1ncc[nH]1. The standard InChI is InChI=1S/C20H14Cl2F3N5OS.ClH/c21-12-4-2-5-13(22)16(12)28-17(31)11-3-1-6-14-15(11)29-18(20(23,24)25)30(14)9-10-32-19-26-7-8-27-19;/h1-8H,9-10H2,(H,26,27)(H,28,31);1H. The first-order chi connectivity index (χ1) is 15.3. The summed E-state index contributed by atoms with van der Waals surface area (Å²) in [6.07, 6.45) is -1.51. The van der Waals surface area contributed by atoms with Crippen molar-refractivity contribution in [2.45, 2.75) is 17.9 Å². The molecular formula is C20H15Cl3F3N5OS.